The van der Waals surface area contributed by atoms with Crippen molar-refractivity contribution in [2.24, 2.45) is 5.73 Å². The summed E-state index contributed by atoms with van der Waals surface area (Å²) in [6.45, 7) is 1.01. The number of carbonyl (C=O) groups is 2. The molecule has 3 N–H and O–H groups in total. The van der Waals surface area contributed by atoms with Gasteiger partial charge in [0.05, 0.1) is 16.8 Å². The van der Waals surface area contributed by atoms with Crippen molar-refractivity contribution in [3.8, 4) is 0 Å². The van der Waals surface area contributed by atoms with E-state index in [-0.39, 0.29) is 18.2 Å². The summed E-state index contributed by atoms with van der Waals surface area (Å²) in [5, 5.41) is 3.67. The largest absolute Gasteiger partial charge is 0.368 e. The quantitative estimate of drug-likeness (QED) is 0.821. The van der Waals surface area contributed by atoms with Crippen LogP contribution < -0.4 is 11.1 Å². The second kappa shape index (κ2) is 8.08. The molecule has 1 atom stereocenters. The summed E-state index contributed by atoms with van der Waals surface area (Å²) < 4.78 is 0. The van der Waals surface area contributed by atoms with Gasteiger partial charge in [0.15, 0.2) is 0 Å². The maximum absolute atomic E-state index is 12.3. The van der Waals surface area contributed by atoms with Gasteiger partial charge in [-0.15, -0.1) is 0 Å². The number of hydrogen-bond acceptors (Lipinski definition) is 3. The van der Waals surface area contributed by atoms with Crippen LogP contribution in [0.15, 0.2) is 42.5 Å². The van der Waals surface area contributed by atoms with Gasteiger partial charge in [0, 0.05) is 24.5 Å². The lowest BCUT2D eigenvalue weighted by molar-refractivity contribution is -0.125. The Hall–Kier alpha value is -2.08. The van der Waals surface area contributed by atoms with Gasteiger partial charge in [-0.05, 0) is 35.7 Å². The molecule has 0 unspecified atom stereocenters. The van der Waals surface area contributed by atoms with E-state index < -0.39 is 6.04 Å². The van der Waals surface area contributed by atoms with Crippen LogP contribution in [-0.2, 0) is 22.6 Å². The zero-order valence-electron chi connectivity index (χ0n) is 14.0. The van der Waals surface area contributed by atoms with Crippen LogP contribution >= 0.6 is 23.2 Å². The van der Waals surface area contributed by atoms with Crippen LogP contribution in [0, 0.1) is 0 Å². The number of nitrogens with one attached hydrogen (secondary N) is 1. The Labute approximate surface area is 162 Å². The predicted molar refractivity (Wildman–Crippen MR) is 103 cm³/mol. The van der Waals surface area contributed by atoms with E-state index >= 15 is 0 Å². The fraction of sp³-hybridized carbons (Fsp3) is 0.263. The number of anilines is 1. The molecule has 7 heteroatoms. The third-order valence-electron chi connectivity index (χ3n) is 4.50. The van der Waals surface area contributed by atoms with Crippen LogP contribution in [0.1, 0.15) is 17.5 Å². The Bertz CT molecular complexity index is 841. The van der Waals surface area contributed by atoms with Crippen molar-refractivity contribution in [2.45, 2.75) is 25.4 Å². The molecule has 0 saturated heterocycles. The van der Waals surface area contributed by atoms with Crippen molar-refractivity contribution < 1.29 is 9.59 Å². The lowest BCUT2D eigenvalue weighted by Crippen LogP contribution is -2.49. The molecule has 136 valence electrons. The van der Waals surface area contributed by atoms with Crippen LogP contribution in [0.25, 0.3) is 0 Å². The molecule has 3 rings (SSSR count). The standard InChI is InChI=1S/C19H19Cl2N3O2/c20-14-5-6-15(21)16(10-14)23-18(25)7-8-24-11-13-4-2-1-3-12(13)9-17(24)19(22)26/h1-6,10,17H,7-9,11H2,(H2,22,26)(H,23,25)/t17-/m0/s1. The molecule has 0 bridgehead atoms. The smallest absolute Gasteiger partial charge is 0.235 e. The number of hydrogen-bond donors (Lipinski definition) is 2. The summed E-state index contributed by atoms with van der Waals surface area (Å²) in [5.41, 5.74) is 8.32. The summed E-state index contributed by atoms with van der Waals surface area (Å²) in [6, 6.07) is 12.4. The van der Waals surface area contributed by atoms with Gasteiger partial charge in [0.25, 0.3) is 0 Å². The molecule has 2 aromatic carbocycles. The van der Waals surface area contributed by atoms with Crippen LogP contribution in [0.3, 0.4) is 0 Å². The van der Waals surface area contributed by atoms with Gasteiger partial charge in [-0.1, -0.05) is 47.5 Å². The zero-order valence-corrected chi connectivity index (χ0v) is 15.6. The lowest BCUT2D eigenvalue weighted by Gasteiger charge is -2.34. The SMILES string of the molecule is NC(=O)[C@@H]1Cc2ccccc2CN1CCC(=O)Nc1cc(Cl)ccc1Cl. The van der Waals surface area contributed by atoms with Crippen molar-refractivity contribution in [3.63, 3.8) is 0 Å². The van der Waals surface area contributed by atoms with E-state index in [0.717, 1.165) is 11.1 Å². The molecular weight excluding hydrogens is 373 g/mol. The Morgan fingerprint density at radius 2 is 1.88 bits per heavy atom. The second-order valence-corrected chi connectivity index (χ2v) is 7.13. The fourth-order valence-corrected chi connectivity index (χ4v) is 3.48. The van der Waals surface area contributed by atoms with Crippen molar-refractivity contribution >= 4 is 40.7 Å². The van der Waals surface area contributed by atoms with Crippen LogP contribution in [0.2, 0.25) is 10.0 Å². The van der Waals surface area contributed by atoms with Gasteiger partial charge < -0.3 is 11.1 Å². The number of nitrogens with two attached hydrogens (primary N) is 1. The molecule has 0 spiro atoms. The normalized spacial score (nSPS) is 16.8. The first-order valence-corrected chi connectivity index (χ1v) is 9.04. The number of benzene rings is 2. The highest BCUT2D eigenvalue weighted by Gasteiger charge is 2.29. The molecule has 5 nitrogen and oxygen atoms in total. The average Bonchev–Trinajstić information content (AvgIpc) is 2.62. The van der Waals surface area contributed by atoms with Crippen molar-refractivity contribution in [2.75, 3.05) is 11.9 Å². The Balaban J connectivity index is 1.65. The van der Waals surface area contributed by atoms with E-state index in [0.29, 0.717) is 35.2 Å². The van der Waals surface area contributed by atoms with Gasteiger partial charge in [0.1, 0.15) is 0 Å². The van der Waals surface area contributed by atoms with Crippen molar-refractivity contribution in [1.82, 2.24) is 4.90 Å². The Morgan fingerprint density at radius 3 is 2.62 bits per heavy atom. The molecule has 1 aliphatic heterocycles. The first-order valence-electron chi connectivity index (χ1n) is 8.29. The van der Waals surface area contributed by atoms with Crippen LogP contribution in [-0.4, -0.2) is 29.3 Å². The number of amides is 2. The molecule has 0 fully saturated rings. The number of rotatable bonds is 5. The summed E-state index contributed by atoms with van der Waals surface area (Å²) in [6.07, 6.45) is 0.780. The van der Waals surface area contributed by atoms with Gasteiger partial charge in [0.2, 0.25) is 11.8 Å². The van der Waals surface area contributed by atoms with Crippen LogP contribution in [0.4, 0.5) is 5.69 Å². The van der Waals surface area contributed by atoms with E-state index in [4.69, 9.17) is 28.9 Å². The summed E-state index contributed by atoms with van der Waals surface area (Å²) >= 11 is 12.0. The van der Waals surface area contributed by atoms with Crippen molar-refractivity contribution in [3.05, 3.63) is 63.6 Å². The first kappa shape index (κ1) is 18.7. The van der Waals surface area contributed by atoms with E-state index in [9.17, 15) is 9.59 Å². The molecule has 0 aromatic heterocycles. The Kier molecular flexibility index (Phi) is 5.81. The molecule has 0 saturated carbocycles. The number of carbonyl (C=O) groups excluding carboxylic acids is 2. The summed E-state index contributed by atoms with van der Waals surface area (Å²) in [7, 11) is 0. The highest BCUT2D eigenvalue weighted by atomic mass is 35.5. The highest BCUT2D eigenvalue weighted by molar-refractivity contribution is 6.35. The molecule has 2 amide bonds. The molecule has 0 radical (unpaired) electrons. The third-order valence-corrected chi connectivity index (χ3v) is 5.07. The van der Waals surface area contributed by atoms with E-state index in [1.807, 2.05) is 29.2 Å². The second-order valence-electron chi connectivity index (χ2n) is 6.28. The van der Waals surface area contributed by atoms with Gasteiger partial charge in [-0.25, -0.2) is 0 Å². The molecule has 0 aliphatic carbocycles. The molecular formula is C19H19Cl2N3O2. The number of primary amides is 1. The minimum Gasteiger partial charge on any atom is -0.368 e. The van der Waals surface area contributed by atoms with Crippen molar-refractivity contribution in [1.29, 1.82) is 0 Å². The molecule has 1 aliphatic rings. The number of fused-ring (bicyclic) bond motifs is 1. The summed E-state index contributed by atoms with van der Waals surface area (Å²) in [5.74, 6) is -0.575. The zero-order chi connectivity index (χ0) is 18.7. The number of halogens is 2. The van der Waals surface area contributed by atoms with Gasteiger partial charge in [-0.2, -0.15) is 0 Å². The summed E-state index contributed by atoms with van der Waals surface area (Å²) in [4.78, 5) is 26.1. The monoisotopic (exact) mass is 391 g/mol. The predicted octanol–water partition coefficient (Wildman–Crippen LogP) is 3.23. The molecule has 2 aromatic rings. The Morgan fingerprint density at radius 1 is 1.15 bits per heavy atom. The lowest BCUT2D eigenvalue weighted by atomic mass is 9.93. The van der Waals surface area contributed by atoms with Gasteiger partial charge >= 0.3 is 0 Å². The van der Waals surface area contributed by atoms with Gasteiger partial charge in [-0.3, -0.25) is 14.5 Å². The van der Waals surface area contributed by atoms with E-state index in [1.165, 1.54) is 0 Å². The average molecular weight is 392 g/mol. The minimum atomic E-state index is -0.410. The molecule has 26 heavy (non-hydrogen) atoms. The number of nitrogens with zero attached hydrogens (tertiary/aromatic N) is 1. The third kappa shape index (κ3) is 4.36. The van der Waals surface area contributed by atoms with Crippen LogP contribution in [0.5, 0.6) is 0 Å². The first-order chi connectivity index (χ1) is 12.4. The minimum absolute atomic E-state index is 0.198. The topological polar surface area (TPSA) is 75.4 Å². The van der Waals surface area contributed by atoms with E-state index in [2.05, 4.69) is 5.32 Å². The maximum atomic E-state index is 12.3. The molecule has 1 heterocycles. The highest BCUT2D eigenvalue weighted by Crippen LogP contribution is 2.26. The van der Waals surface area contributed by atoms with E-state index in [1.54, 1.807) is 18.2 Å². The maximum Gasteiger partial charge on any atom is 0.235 e. The fourth-order valence-electron chi connectivity index (χ4n) is 3.14.